The number of anilines is 1. The van der Waals surface area contributed by atoms with Crippen LogP contribution in [-0.4, -0.2) is 29.3 Å². The summed E-state index contributed by atoms with van der Waals surface area (Å²) >= 11 is 0. The van der Waals surface area contributed by atoms with Crippen LogP contribution >= 0.6 is 0 Å². The minimum Gasteiger partial charge on any atom is -0.324 e. The molecule has 4 amide bonds. The highest BCUT2D eigenvalue weighted by molar-refractivity contribution is 6.12. The van der Waals surface area contributed by atoms with Crippen LogP contribution in [0.4, 0.5) is 10.5 Å². The fourth-order valence-electron chi connectivity index (χ4n) is 4.10. The number of amides is 4. The first kappa shape index (κ1) is 21.3. The van der Waals surface area contributed by atoms with Crippen LogP contribution in [0.2, 0.25) is 0 Å². The normalized spacial score (nSPS) is 15.0. The Labute approximate surface area is 187 Å². The van der Waals surface area contributed by atoms with Gasteiger partial charge in [-0.1, -0.05) is 92.7 Å². The number of carbonyl (C=O) groups excluding carboxylic acids is 3. The summed E-state index contributed by atoms with van der Waals surface area (Å²) in [6.45, 7) is 3.70. The minimum absolute atomic E-state index is 0.215. The molecule has 1 fully saturated rings. The van der Waals surface area contributed by atoms with Gasteiger partial charge in [0.05, 0.1) is 0 Å². The Morgan fingerprint density at radius 1 is 0.875 bits per heavy atom. The second-order valence-electron chi connectivity index (χ2n) is 8.09. The number of hydrogen-bond donors (Lipinski definition) is 2. The molecule has 1 saturated heterocycles. The third-order valence-electron chi connectivity index (χ3n) is 5.68. The van der Waals surface area contributed by atoms with Crippen LogP contribution in [0.1, 0.15) is 36.5 Å². The topological polar surface area (TPSA) is 78.5 Å². The Bertz CT molecular complexity index is 1100. The second kappa shape index (κ2) is 8.67. The predicted octanol–water partition coefficient (Wildman–Crippen LogP) is 4.24. The van der Waals surface area contributed by atoms with Gasteiger partial charge in [0.2, 0.25) is 5.91 Å². The molecule has 1 aliphatic rings. The number of carbonyl (C=O) groups is 3. The Hall–Kier alpha value is -3.93. The van der Waals surface area contributed by atoms with Crippen molar-refractivity contribution in [1.82, 2.24) is 10.2 Å². The zero-order valence-corrected chi connectivity index (χ0v) is 18.0. The van der Waals surface area contributed by atoms with Gasteiger partial charge < -0.3 is 10.6 Å². The van der Waals surface area contributed by atoms with E-state index in [1.807, 2.05) is 74.5 Å². The first-order valence-corrected chi connectivity index (χ1v) is 10.6. The lowest BCUT2D eigenvalue weighted by molar-refractivity contribution is -0.133. The molecule has 0 saturated carbocycles. The van der Waals surface area contributed by atoms with Crippen LogP contribution in [0.5, 0.6) is 0 Å². The van der Waals surface area contributed by atoms with Crippen molar-refractivity contribution in [2.75, 3.05) is 11.9 Å². The third-order valence-corrected chi connectivity index (χ3v) is 5.68. The van der Waals surface area contributed by atoms with Crippen molar-refractivity contribution in [3.05, 3.63) is 102 Å². The summed E-state index contributed by atoms with van der Waals surface area (Å²) < 4.78 is 0. The summed E-state index contributed by atoms with van der Waals surface area (Å²) in [5, 5.41) is 5.71. The number of nitrogens with zero attached hydrogens (tertiary/aromatic N) is 1. The summed E-state index contributed by atoms with van der Waals surface area (Å²) in [5.41, 5.74) is 1.56. The van der Waals surface area contributed by atoms with E-state index < -0.39 is 23.4 Å². The number of benzene rings is 3. The van der Waals surface area contributed by atoms with E-state index in [1.165, 1.54) is 0 Å². The number of nitrogens with one attached hydrogen (secondary N) is 2. The van der Waals surface area contributed by atoms with Crippen molar-refractivity contribution >= 4 is 23.5 Å². The van der Waals surface area contributed by atoms with E-state index in [0.717, 1.165) is 10.5 Å². The van der Waals surface area contributed by atoms with Gasteiger partial charge in [0, 0.05) is 5.69 Å². The highest BCUT2D eigenvalue weighted by Gasteiger charge is 2.54. The highest BCUT2D eigenvalue weighted by Crippen LogP contribution is 2.36. The molecule has 0 aromatic heterocycles. The maximum absolute atomic E-state index is 13.7. The number of para-hydroxylation sites is 1. The molecule has 0 atom stereocenters. The summed E-state index contributed by atoms with van der Waals surface area (Å²) in [6, 6.07) is 25.1. The van der Waals surface area contributed by atoms with Crippen molar-refractivity contribution in [2.24, 2.45) is 0 Å². The van der Waals surface area contributed by atoms with Gasteiger partial charge in [-0.25, -0.2) is 4.79 Å². The first-order chi connectivity index (χ1) is 15.4. The Kier molecular flexibility index (Phi) is 5.77. The van der Waals surface area contributed by atoms with Gasteiger partial charge in [-0.15, -0.1) is 0 Å². The maximum atomic E-state index is 13.7. The van der Waals surface area contributed by atoms with Crippen LogP contribution in [0.3, 0.4) is 0 Å². The average molecular weight is 428 g/mol. The van der Waals surface area contributed by atoms with Gasteiger partial charge in [-0.3, -0.25) is 14.5 Å². The van der Waals surface area contributed by atoms with Gasteiger partial charge in [-0.2, -0.15) is 0 Å². The molecule has 6 nitrogen and oxygen atoms in total. The quantitative estimate of drug-likeness (QED) is 0.578. The van der Waals surface area contributed by atoms with E-state index in [0.29, 0.717) is 16.8 Å². The van der Waals surface area contributed by atoms with Crippen molar-refractivity contribution in [3.8, 4) is 0 Å². The molecule has 3 aromatic carbocycles. The molecule has 0 aliphatic carbocycles. The molecule has 0 unspecified atom stereocenters. The van der Waals surface area contributed by atoms with E-state index >= 15 is 0 Å². The summed E-state index contributed by atoms with van der Waals surface area (Å²) in [4.78, 5) is 40.4. The highest BCUT2D eigenvalue weighted by atomic mass is 16.2. The molecular weight excluding hydrogens is 402 g/mol. The van der Waals surface area contributed by atoms with Crippen LogP contribution in [0.25, 0.3) is 0 Å². The molecule has 4 rings (SSSR count). The molecule has 6 heteroatoms. The van der Waals surface area contributed by atoms with Crippen LogP contribution in [-0.2, 0) is 15.1 Å². The smallest absolute Gasteiger partial charge is 0.324 e. The largest absolute Gasteiger partial charge is 0.326 e. The summed E-state index contributed by atoms with van der Waals surface area (Å²) in [7, 11) is 0. The van der Waals surface area contributed by atoms with Gasteiger partial charge in [0.15, 0.2) is 5.54 Å². The van der Waals surface area contributed by atoms with Gasteiger partial charge >= 0.3 is 6.03 Å². The summed E-state index contributed by atoms with van der Waals surface area (Å²) in [6.07, 6.45) is 0. The molecule has 0 radical (unpaired) electrons. The Morgan fingerprint density at radius 3 is 1.97 bits per heavy atom. The number of hydrogen-bond acceptors (Lipinski definition) is 3. The molecule has 0 bridgehead atoms. The Morgan fingerprint density at radius 2 is 1.41 bits per heavy atom. The average Bonchev–Trinajstić information content (AvgIpc) is 3.06. The maximum Gasteiger partial charge on any atom is 0.326 e. The SMILES string of the molecule is CC(C)c1ccccc1NC(=O)CN1C(=O)NC(c2ccccc2)(c2ccccc2)C1=O. The fourth-order valence-corrected chi connectivity index (χ4v) is 4.10. The van der Waals surface area contributed by atoms with Crippen molar-refractivity contribution in [1.29, 1.82) is 0 Å². The van der Waals surface area contributed by atoms with Crippen LogP contribution in [0, 0.1) is 0 Å². The second-order valence-corrected chi connectivity index (χ2v) is 8.09. The minimum atomic E-state index is -1.38. The molecule has 32 heavy (non-hydrogen) atoms. The van der Waals surface area contributed by atoms with Crippen LogP contribution in [0.15, 0.2) is 84.9 Å². The monoisotopic (exact) mass is 427 g/mol. The van der Waals surface area contributed by atoms with Gasteiger partial charge in [0.25, 0.3) is 5.91 Å². The third kappa shape index (κ3) is 3.75. The van der Waals surface area contributed by atoms with Crippen molar-refractivity contribution < 1.29 is 14.4 Å². The van der Waals surface area contributed by atoms with E-state index in [2.05, 4.69) is 10.6 Å². The number of urea groups is 1. The lowest BCUT2D eigenvalue weighted by Gasteiger charge is -2.28. The Balaban J connectivity index is 1.64. The lowest BCUT2D eigenvalue weighted by Crippen LogP contribution is -2.45. The number of imide groups is 1. The molecule has 162 valence electrons. The van der Waals surface area contributed by atoms with E-state index in [-0.39, 0.29) is 12.5 Å². The standard InChI is InChI=1S/C26H25N3O3/c1-18(2)21-15-9-10-16-22(21)27-23(30)17-29-24(31)26(28-25(29)32,19-11-5-3-6-12-19)20-13-7-4-8-14-20/h3-16,18H,17H2,1-2H3,(H,27,30)(H,28,32). The molecule has 2 N–H and O–H groups in total. The summed E-state index contributed by atoms with van der Waals surface area (Å²) in [5.74, 6) is -0.697. The molecule has 0 spiro atoms. The predicted molar refractivity (Wildman–Crippen MR) is 123 cm³/mol. The van der Waals surface area contributed by atoms with Crippen molar-refractivity contribution in [3.63, 3.8) is 0 Å². The molecule has 3 aromatic rings. The first-order valence-electron chi connectivity index (χ1n) is 10.6. The molecule has 1 aliphatic heterocycles. The van der Waals surface area contributed by atoms with Gasteiger partial charge in [0.1, 0.15) is 6.54 Å². The van der Waals surface area contributed by atoms with E-state index in [1.54, 1.807) is 24.3 Å². The lowest BCUT2D eigenvalue weighted by atomic mass is 9.82. The van der Waals surface area contributed by atoms with Crippen LogP contribution < -0.4 is 10.6 Å². The van der Waals surface area contributed by atoms with E-state index in [4.69, 9.17) is 0 Å². The molecular formula is C26H25N3O3. The molecule has 1 heterocycles. The fraction of sp³-hybridized carbons (Fsp3) is 0.192. The van der Waals surface area contributed by atoms with Gasteiger partial charge in [-0.05, 0) is 28.7 Å². The zero-order chi connectivity index (χ0) is 22.7. The number of rotatable bonds is 6. The van der Waals surface area contributed by atoms with E-state index in [9.17, 15) is 14.4 Å². The zero-order valence-electron chi connectivity index (χ0n) is 18.0. The van der Waals surface area contributed by atoms with Crippen molar-refractivity contribution in [2.45, 2.75) is 25.3 Å².